The van der Waals surface area contributed by atoms with E-state index in [1.165, 1.54) is 0 Å². The van der Waals surface area contributed by atoms with E-state index in [0.717, 1.165) is 12.8 Å². The third-order valence-corrected chi connectivity index (χ3v) is 8.33. The molecule has 0 aromatic carbocycles. The Labute approximate surface area is 222 Å². The zero-order valence-corrected chi connectivity index (χ0v) is 23.3. The number of unbranched alkanes of at least 4 members (excludes halogenated alkanes) is 2. The van der Waals surface area contributed by atoms with Gasteiger partial charge in [0.25, 0.3) is 0 Å². The number of amides is 2. The first-order valence-corrected chi connectivity index (χ1v) is 13.8. The number of aliphatic hydroxyl groups excluding tert-OH is 1. The molecule has 3 fully saturated rings. The third kappa shape index (κ3) is 5.24. The number of nitrogens with zero attached hydrogens (tertiary/aromatic N) is 2. The molecule has 1 spiro atoms. The highest BCUT2D eigenvalue weighted by Crippen LogP contribution is 2.63. The lowest BCUT2D eigenvalue weighted by atomic mass is 9.66. The van der Waals surface area contributed by atoms with Crippen molar-refractivity contribution in [1.82, 2.24) is 9.80 Å². The number of carbonyl (C=O) groups excluding carboxylic acids is 3. The number of hydrogen-bond donors (Lipinski definition) is 1. The van der Waals surface area contributed by atoms with Crippen molar-refractivity contribution < 1.29 is 29.0 Å². The van der Waals surface area contributed by atoms with E-state index in [2.05, 4.69) is 13.2 Å². The van der Waals surface area contributed by atoms with Gasteiger partial charge < -0.3 is 24.4 Å². The minimum Gasteiger partial charge on any atom is -0.465 e. The summed E-state index contributed by atoms with van der Waals surface area (Å²) in [5, 5.41) is 10.4. The van der Waals surface area contributed by atoms with E-state index in [-0.39, 0.29) is 37.0 Å². The van der Waals surface area contributed by atoms with E-state index in [1.807, 2.05) is 40.7 Å². The summed E-state index contributed by atoms with van der Waals surface area (Å²) in [6, 6.07) is -1.60. The number of ether oxygens (including phenoxy) is 2. The summed E-state index contributed by atoms with van der Waals surface area (Å²) in [6.45, 7) is 17.6. The number of fused-ring (bicyclic) bond motifs is 1. The molecule has 37 heavy (non-hydrogen) atoms. The largest absolute Gasteiger partial charge is 0.465 e. The molecule has 3 heterocycles. The first kappa shape index (κ1) is 29.4. The monoisotopic (exact) mass is 518 g/mol. The first-order chi connectivity index (χ1) is 17.5. The maximum atomic E-state index is 14.2. The van der Waals surface area contributed by atoms with Crippen LogP contribution in [0.5, 0.6) is 0 Å². The molecule has 0 aliphatic carbocycles. The van der Waals surface area contributed by atoms with Crippen molar-refractivity contribution in [3.05, 3.63) is 25.3 Å². The normalized spacial score (nSPS) is 31.1. The Morgan fingerprint density at radius 3 is 2.49 bits per heavy atom. The topological polar surface area (TPSA) is 96.4 Å². The van der Waals surface area contributed by atoms with Crippen LogP contribution in [0.2, 0.25) is 0 Å². The first-order valence-electron chi connectivity index (χ1n) is 13.8. The van der Waals surface area contributed by atoms with E-state index in [1.54, 1.807) is 15.9 Å². The number of rotatable bonds is 14. The van der Waals surface area contributed by atoms with Crippen molar-refractivity contribution >= 4 is 17.8 Å². The second kappa shape index (κ2) is 11.7. The Bertz CT molecular complexity index is 888. The SMILES string of the molecule is C=CCCCCOC(=O)[C@@H]1[C@H]2C(=O)N([C@@H](CO)CC(C)C)C(C(=O)N(CC=C)C(C)C)C23CC[C@@]1(C)O3. The Morgan fingerprint density at radius 2 is 1.92 bits per heavy atom. The van der Waals surface area contributed by atoms with Gasteiger partial charge in [-0.1, -0.05) is 26.0 Å². The maximum absolute atomic E-state index is 14.2. The molecule has 1 N–H and O–H groups in total. The van der Waals surface area contributed by atoms with Gasteiger partial charge in [-0.3, -0.25) is 14.4 Å². The summed E-state index contributed by atoms with van der Waals surface area (Å²) in [5.41, 5.74) is -2.01. The minimum absolute atomic E-state index is 0.124. The van der Waals surface area contributed by atoms with Gasteiger partial charge in [0.15, 0.2) is 0 Å². The van der Waals surface area contributed by atoms with Crippen LogP contribution < -0.4 is 0 Å². The second-order valence-corrected chi connectivity index (χ2v) is 11.8. The van der Waals surface area contributed by atoms with Crippen molar-refractivity contribution in [3.63, 3.8) is 0 Å². The molecule has 0 aromatic rings. The fourth-order valence-electron chi connectivity index (χ4n) is 6.72. The number of likely N-dealkylation sites (tertiary alicyclic amines) is 1. The predicted octanol–water partition coefficient (Wildman–Crippen LogP) is 3.48. The van der Waals surface area contributed by atoms with Crippen LogP contribution >= 0.6 is 0 Å². The zero-order chi connectivity index (χ0) is 27.5. The summed E-state index contributed by atoms with van der Waals surface area (Å²) in [5.74, 6) is -2.38. The molecule has 8 nitrogen and oxygen atoms in total. The van der Waals surface area contributed by atoms with Crippen molar-refractivity contribution in [2.45, 2.75) is 102 Å². The Hall–Kier alpha value is -2.19. The van der Waals surface area contributed by atoms with Gasteiger partial charge in [0.1, 0.15) is 17.6 Å². The van der Waals surface area contributed by atoms with Crippen molar-refractivity contribution in [2.24, 2.45) is 17.8 Å². The van der Waals surface area contributed by atoms with Crippen molar-refractivity contribution in [1.29, 1.82) is 0 Å². The van der Waals surface area contributed by atoms with Crippen LogP contribution in [0.1, 0.15) is 73.1 Å². The van der Waals surface area contributed by atoms with Gasteiger partial charge in [0.05, 0.1) is 30.8 Å². The van der Waals surface area contributed by atoms with E-state index < -0.39 is 41.1 Å². The zero-order valence-electron chi connectivity index (χ0n) is 23.3. The Morgan fingerprint density at radius 1 is 1.22 bits per heavy atom. The lowest BCUT2D eigenvalue weighted by molar-refractivity contribution is -0.162. The van der Waals surface area contributed by atoms with Crippen LogP contribution in [0.25, 0.3) is 0 Å². The quantitative estimate of drug-likeness (QED) is 0.215. The number of allylic oxidation sites excluding steroid dienone is 1. The predicted molar refractivity (Wildman–Crippen MR) is 141 cm³/mol. The van der Waals surface area contributed by atoms with Gasteiger partial charge in [-0.2, -0.15) is 0 Å². The molecule has 3 aliphatic heterocycles. The van der Waals surface area contributed by atoms with E-state index in [4.69, 9.17) is 9.47 Å². The average molecular weight is 519 g/mol. The summed E-state index contributed by atoms with van der Waals surface area (Å²) >= 11 is 0. The van der Waals surface area contributed by atoms with E-state index in [9.17, 15) is 19.5 Å². The van der Waals surface area contributed by atoms with Crippen LogP contribution in [0.3, 0.4) is 0 Å². The molecule has 2 unspecified atom stereocenters. The number of aliphatic hydroxyl groups is 1. The van der Waals surface area contributed by atoms with Gasteiger partial charge in [-0.05, 0) is 65.2 Å². The lowest BCUT2D eigenvalue weighted by Crippen LogP contribution is -2.60. The highest BCUT2D eigenvalue weighted by atomic mass is 16.6. The summed E-state index contributed by atoms with van der Waals surface area (Å²) in [4.78, 5) is 45.1. The Kier molecular flexibility index (Phi) is 9.27. The standard InChI is InChI=1S/C29H46N2O6/c1-8-10-11-12-16-36-27(35)23-22-25(33)31(21(18-32)17-19(3)4)24(26(34)30(15-9-2)20(5)6)29(22)14-13-28(23,7)37-29/h8-9,19-24,32H,1-2,10-18H2,3-7H3/t21-,22+,23+,24?,28-,29?/m1/s1. The molecule has 3 saturated heterocycles. The van der Waals surface area contributed by atoms with Gasteiger partial charge in [-0.25, -0.2) is 0 Å². The summed E-state index contributed by atoms with van der Waals surface area (Å²) in [7, 11) is 0. The second-order valence-electron chi connectivity index (χ2n) is 11.8. The molecule has 3 rings (SSSR count). The van der Waals surface area contributed by atoms with Crippen LogP contribution in [0, 0.1) is 17.8 Å². The van der Waals surface area contributed by atoms with Crippen LogP contribution in [-0.4, -0.2) is 81.8 Å². The van der Waals surface area contributed by atoms with Crippen LogP contribution in [0.4, 0.5) is 0 Å². The fourth-order valence-corrected chi connectivity index (χ4v) is 6.72. The molecule has 2 bridgehead atoms. The number of hydrogen-bond acceptors (Lipinski definition) is 6. The molecule has 2 amide bonds. The van der Waals surface area contributed by atoms with Gasteiger partial charge >= 0.3 is 5.97 Å². The summed E-state index contributed by atoms with van der Waals surface area (Å²) < 4.78 is 12.3. The maximum Gasteiger partial charge on any atom is 0.312 e. The number of carbonyl (C=O) groups is 3. The molecule has 8 heteroatoms. The average Bonchev–Trinajstić information content (AvgIpc) is 3.40. The van der Waals surface area contributed by atoms with E-state index >= 15 is 0 Å². The molecule has 3 aliphatic rings. The molecule has 6 atom stereocenters. The molecule has 0 aromatic heterocycles. The fraction of sp³-hybridized carbons (Fsp3) is 0.759. The Balaban J connectivity index is 2.02. The summed E-state index contributed by atoms with van der Waals surface area (Å²) in [6.07, 6.45) is 7.53. The van der Waals surface area contributed by atoms with Crippen LogP contribution in [-0.2, 0) is 23.9 Å². The van der Waals surface area contributed by atoms with Gasteiger partial charge in [0.2, 0.25) is 11.8 Å². The molecule has 0 radical (unpaired) electrons. The number of esters is 1. The molecule has 208 valence electrons. The molecular formula is C29H46N2O6. The molecule has 0 saturated carbocycles. The van der Waals surface area contributed by atoms with Crippen LogP contribution in [0.15, 0.2) is 25.3 Å². The molecular weight excluding hydrogens is 472 g/mol. The highest BCUT2D eigenvalue weighted by molar-refractivity contribution is 5.98. The van der Waals surface area contributed by atoms with Gasteiger partial charge in [-0.15, -0.1) is 13.2 Å². The highest BCUT2D eigenvalue weighted by Gasteiger charge is 2.79. The van der Waals surface area contributed by atoms with Crippen molar-refractivity contribution in [3.8, 4) is 0 Å². The third-order valence-electron chi connectivity index (χ3n) is 8.33. The van der Waals surface area contributed by atoms with Crippen molar-refractivity contribution in [2.75, 3.05) is 19.8 Å². The van der Waals surface area contributed by atoms with Gasteiger partial charge in [0, 0.05) is 12.6 Å². The van der Waals surface area contributed by atoms with E-state index in [0.29, 0.717) is 32.2 Å². The lowest BCUT2D eigenvalue weighted by Gasteiger charge is -2.40. The minimum atomic E-state index is -1.13. The smallest absolute Gasteiger partial charge is 0.312 e.